The molecule has 138 valence electrons. The number of carbonyl (C=O) groups is 1. The summed E-state index contributed by atoms with van der Waals surface area (Å²) in [4.78, 5) is 15.0. The molecule has 1 aliphatic heterocycles. The summed E-state index contributed by atoms with van der Waals surface area (Å²) >= 11 is 0. The third-order valence-electron chi connectivity index (χ3n) is 5.47. The molecule has 1 aliphatic carbocycles. The number of piperidine rings is 1. The number of benzene rings is 1. The van der Waals surface area contributed by atoms with Crippen molar-refractivity contribution in [2.24, 2.45) is 5.41 Å². The highest BCUT2D eigenvalue weighted by Crippen LogP contribution is 2.48. The predicted octanol–water partition coefficient (Wildman–Crippen LogP) is 1.60. The molecule has 1 heterocycles. The number of aliphatic hydroxyl groups is 1. The number of hydrogen-bond acceptors (Lipinski definition) is 4. The minimum atomic E-state index is -0.434. The largest absolute Gasteiger partial charge is 0.389 e. The number of likely N-dealkylation sites (tertiary alicyclic amines) is 1. The number of rotatable bonds is 8. The summed E-state index contributed by atoms with van der Waals surface area (Å²) in [7, 11) is 1.61. The highest BCUT2D eigenvalue weighted by Gasteiger charge is 2.49. The maximum atomic E-state index is 12.8. The van der Waals surface area contributed by atoms with E-state index >= 15 is 0 Å². The third kappa shape index (κ3) is 5.03. The number of ether oxygens (including phenoxy) is 1. The molecule has 0 radical (unpaired) electrons. The topological polar surface area (TPSA) is 61.8 Å². The number of carbonyl (C=O) groups excluding carboxylic acids is 1. The first-order valence-electron chi connectivity index (χ1n) is 9.35. The lowest BCUT2D eigenvalue weighted by Gasteiger charge is -2.34. The molecule has 1 saturated heterocycles. The van der Waals surface area contributed by atoms with E-state index in [1.54, 1.807) is 7.11 Å². The zero-order valence-corrected chi connectivity index (χ0v) is 15.1. The van der Waals surface area contributed by atoms with Crippen molar-refractivity contribution in [3.63, 3.8) is 0 Å². The Kier molecular flexibility index (Phi) is 6.10. The van der Waals surface area contributed by atoms with Gasteiger partial charge in [-0.15, -0.1) is 0 Å². The van der Waals surface area contributed by atoms with Crippen LogP contribution in [-0.2, 0) is 16.0 Å². The molecule has 2 fully saturated rings. The molecule has 1 aromatic carbocycles. The van der Waals surface area contributed by atoms with Gasteiger partial charge in [0.15, 0.2) is 0 Å². The monoisotopic (exact) mass is 346 g/mol. The molecule has 0 spiro atoms. The maximum Gasteiger partial charge on any atom is 0.226 e. The lowest BCUT2D eigenvalue weighted by atomic mass is 9.94. The fourth-order valence-electron chi connectivity index (χ4n) is 3.76. The van der Waals surface area contributed by atoms with Crippen LogP contribution in [0.1, 0.15) is 31.2 Å². The molecule has 5 nitrogen and oxygen atoms in total. The first-order valence-corrected chi connectivity index (χ1v) is 9.35. The van der Waals surface area contributed by atoms with Gasteiger partial charge in [0.2, 0.25) is 5.91 Å². The van der Waals surface area contributed by atoms with Crippen molar-refractivity contribution >= 4 is 5.91 Å². The van der Waals surface area contributed by atoms with E-state index in [1.807, 2.05) is 18.2 Å². The summed E-state index contributed by atoms with van der Waals surface area (Å²) < 4.78 is 4.98. The number of β-amino-alcohol motifs (C(OH)–C–C–N with tert-alkyl or cyclic N) is 1. The van der Waals surface area contributed by atoms with Gasteiger partial charge in [0.25, 0.3) is 0 Å². The third-order valence-corrected chi connectivity index (χ3v) is 5.47. The van der Waals surface area contributed by atoms with Crippen molar-refractivity contribution in [3.05, 3.63) is 35.9 Å². The van der Waals surface area contributed by atoms with Crippen LogP contribution in [0.5, 0.6) is 0 Å². The molecule has 0 bridgehead atoms. The molecule has 2 aliphatic rings. The van der Waals surface area contributed by atoms with Crippen LogP contribution in [0.2, 0.25) is 0 Å². The Bertz CT molecular complexity index is 551. The summed E-state index contributed by atoms with van der Waals surface area (Å²) in [5, 5.41) is 13.1. The number of nitrogens with one attached hydrogen (secondary N) is 1. The SMILES string of the molecule is COCC(O)CN1CCC(NC(=O)C2(Cc3ccccc3)CC2)CC1. The van der Waals surface area contributed by atoms with E-state index in [9.17, 15) is 9.90 Å². The van der Waals surface area contributed by atoms with Crippen LogP contribution in [0, 0.1) is 5.41 Å². The van der Waals surface area contributed by atoms with Crippen LogP contribution < -0.4 is 5.32 Å². The molecule has 1 atom stereocenters. The standard InChI is InChI=1S/C20H30N2O3/c1-25-15-18(23)14-22-11-7-17(8-12-22)21-19(24)20(9-10-20)13-16-5-3-2-4-6-16/h2-6,17-18,23H,7-15H2,1H3,(H,21,24). The van der Waals surface area contributed by atoms with E-state index in [-0.39, 0.29) is 17.4 Å². The van der Waals surface area contributed by atoms with Gasteiger partial charge in [0.05, 0.1) is 18.1 Å². The lowest BCUT2D eigenvalue weighted by molar-refractivity contribution is -0.127. The first kappa shape index (κ1) is 18.4. The second-order valence-electron chi connectivity index (χ2n) is 7.60. The average Bonchev–Trinajstić information content (AvgIpc) is 3.38. The second-order valence-corrected chi connectivity index (χ2v) is 7.60. The van der Waals surface area contributed by atoms with Gasteiger partial charge >= 0.3 is 0 Å². The molecule has 0 aromatic heterocycles. The van der Waals surface area contributed by atoms with Gasteiger partial charge in [-0.3, -0.25) is 4.79 Å². The summed E-state index contributed by atoms with van der Waals surface area (Å²) in [6.45, 7) is 2.85. The van der Waals surface area contributed by atoms with Crippen LogP contribution in [0.3, 0.4) is 0 Å². The van der Waals surface area contributed by atoms with Crippen LogP contribution in [0.25, 0.3) is 0 Å². The smallest absolute Gasteiger partial charge is 0.226 e. The Morgan fingerprint density at radius 2 is 2.00 bits per heavy atom. The molecular formula is C20H30N2O3. The van der Waals surface area contributed by atoms with E-state index in [0.29, 0.717) is 13.2 Å². The second kappa shape index (κ2) is 8.30. The fourth-order valence-corrected chi connectivity index (χ4v) is 3.76. The Morgan fingerprint density at radius 3 is 2.60 bits per heavy atom. The lowest BCUT2D eigenvalue weighted by Crippen LogP contribution is -2.48. The van der Waals surface area contributed by atoms with E-state index < -0.39 is 6.10 Å². The van der Waals surface area contributed by atoms with Gasteiger partial charge in [-0.25, -0.2) is 0 Å². The molecule has 3 rings (SSSR count). The van der Waals surface area contributed by atoms with Crippen LogP contribution in [0.4, 0.5) is 0 Å². The summed E-state index contributed by atoms with van der Waals surface area (Å²) in [5.41, 5.74) is 1.07. The van der Waals surface area contributed by atoms with E-state index in [2.05, 4.69) is 22.3 Å². The van der Waals surface area contributed by atoms with E-state index in [0.717, 1.165) is 45.2 Å². The highest BCUT2D eigenvalue weighted by atomic mass is 16.5. The Hall–Kier alpha value is -1.43. The molecule has 25 heavy (non-hydrogen) atoms. The number of hydrogen-bond donors (Lipinski definition) is 2. The average molecular weight is 346 g/mol. The van der Waals surface area contributed by atoms with Gasteiger partial charge in [0.1, 0.15) is 0 Å². The maximum absolute atomic E-state index is 12.8. The van der Waals surface area contributed by atoms with Gasteiger partial charge in [-0.05, 0) is 37.7 Å². The summed E-state index contributed by atoms with van der Waals surface area (Å²) in [6, 6.07) is 10.6. The van der Waals surface area contributed by atoms with Crippen molar-refractivity contribution < 1.29 is 14.6 Å². The van der Waals surface area contributed by atoms with E-state index in [1.165, 1.54) is 5.56 Å². The zero-order chi connectivity index (χ0) is 17.7. The number of methoxy groups -OCH3 is 1. The molecule has 1 amide bonds. The minimum absolute atomic E-state index is 0.173. The van der Waals surface area contributed by atoms with Crippen LogP contribution >= 0.6 is 0 Å². The molecule has 1 aromatic rings. The van der Waals surface area contributed by atoms with E-state index in [4.69, 9.17) is 4.74 Å². The zero-order valence-electron chi connectivity index (χ0n) is 15.1. The van der Waals surface area contributed by atoms with Crippen molar-refractivity contribution in [2.45, 2.75) is 44.2 Å². The molecule has 1 saturated carbocycles. The van der Waals surface area contributed by atoms with Crippen LogP contribution in [-0.4, -0.2) is 61.4 Å². The van der Waals surface area contributed by atoms with Crippen molar-refractivity contribution in [1.82, 2.24) is 10.2 Å². The Morgan fingerprint density at radius 1 is 1.32 bits per heavy atom. The van der Waals surface area contributed by atoms with Gasteiger partial charge < -0.3 is 20.1 Å². The van der Waals surface area contributed by atoms with Gasteiger partial charge in [-0.1, -0.05) is 30.3 Å². The van der Waals surface area contributed by atoms with Crippen molar-refractivity contribution in [3.8, 4) is 0 Å². The summed E-state index contributed by atoms with van der Waals surface area (Å²) in [5.74, 6) is 0.231. The van der Waals surface area contributed by atoms with Crippen molar-refractivity contribution in [2.75, 3.05) is 33.4 Å². The number of amides is 1. The number of nitrogens with zero attached hydrogens (tertiary/aromatic N) is 1. The molecule has 1 unspecified atom stereocenters. The van der Waals surface area contributed by atoms with Gasteiger partial charge in [-0.2, -0.15) is 0 Å². The Balaban J connectivity index is 1.43. The van der Waals surface area contributed by atoms with Crippen molar-refractivity contribution in [1.29, 1.82) is 0 Å². The van der Waals surface area contributed by atoms with Crippen LogP contribution in [0.15, 0.2) is 30.3 Å². The summed E-state index contributed by atoms with van der Waals surface area (Å²) in [6.07, 6.45) is 4.31. The molecular weight excluding hydrogens is 316 g/mol. The highest BCUT2D eigenvalue weighted by molar-refractivity contribution is 5.85. The number of aliphatic hydroxyl groups excluding tert-OH is 1. The first-order chi connectivity index (χ1) is 12.1. The Labute approximate surface area is 150 Å². The quantitative estimate of drug-likeness (QED) is 0.751. The normalized spacial score (nSPS) is 21.7. The fraction of sp³-hybridized carbons (Fsp3) is 0.650. The molecule has 5 heteroatoms. The minimum Gasteiger partial charge on any atom is -0.389 e. The molecule has 2 N–H and O–H groups in total. The van der Waals surface area contributed by atoms with Gasteiger partial charge in [0, 0.05) is 32.8 Å². The predicted molar refractivity (Wildman–Crippen MR) is 97.3 cm³/mol.